The average Bonchev–Trinajstić information content (AvgIpc) is 2.37. The molecule has 0 atom stereocenters. The highest BCUT2D eigenvalue weighted by Crippen LogP contribution is 2.27. The Kier molecular flexibility index (Phi) is 6.21. The molecule has 0 aliphatic heterocycles. The largest absolute Gasteiger partial charge is 0.482 e. The number of carbonyl (C=O) groups is 1. The van der Waals surface area contributed by atoms with E-state index in [2.05, 4.69) is 4.72 Å². The third-order valence-electron chi connectivity index (χ3n) is 2.18. The van der Waals surface area contributed by atoms with Crippen molar-refractivity contribution >= 4 is 27.5 Å². The van der Waals surface area contributed by atoms with Crippen molar-refractivity contribution in [2.24, 2.45) is 5.73 Å². The number of amides is 1. The minimum Gasteiger partial charge on any atom is -0.482 e. The molecular formula is C11H15ClN2O5S. The lowest BCUT2D eigenvalue weighted by Gasteiger charge is -2.09. The molecule has 1 amide bonds. The van der Waals surface area contributed by atoms with Gasteiger partial charge in [0.1, 0.15) is 5.75 Å². The van der Waals surface area contributed by atoms with E-state index >= 15 is 0 Å². The Balaban J connectivity index is 2.83. The maximum absolute atomic E-state index is 11.9. The SMILES string of the molecule is COCCNS(=O)(=O)c1ccc(OCC(N)=O)c(Cl)c1. The molecule has 0 aliphatic carbocycles. The highest BCUT2D eigenvalue weighted by molar-refractivity contribution is 7.89. The molecule has 0 bridgehead atoms. The number of hydrogen-bond acceptors (Lipinski definition) is 5. The molecule has 1 aromatic rings. The number of sulfonamides is 1. The average molecular weight is 323 g/mol. The van der Waals surface area contributed by atoms with E-state index in [1.165, 1.54) is 25.3 Å². The second kappa shape index (κ2) is 7.44. The summed E-state index contributed by atoms with van der Waals surface area (Å²) in [6, 6.07) is 3.90. The van der Waals surface area contributed by atoms with Crippen LogP contribution in [0.2, 0.25) is 5.02 Å². The van der Waals surface area contributed by atoms with E-state index in [0.717, 1.165) is 0 Å². The number of halogens is 1. The second-order valence-corrected chi connectivity index (χ2v) is 5.91. The maximum atomic E-state index is 11.9. The van der Waals surface area contributed by atoms with Crippen LogP contribution in [-0.2, 0) is 19.6 Å². The predicted octanol–water partition coefficient (Wildman–Crippen LogP) is 0.129. The van der Waals surface area contributed by atoms with Crippen molar-refractivity contribution < 1.29 is 22.7 Å². The van der Waals surface area contributed by atoms with Crippen molar-refractivity contribution in [3.63, 3.8) is 0 Å². The monoisotopic (exact) mass is 322 g/mol. The normalized spacial score (nSPS) is 11.3. The summed E-state index contributed by atoms with van der Waals surface area (Å²) >= 11 is 5.89. The zero-order valence-electron chi connectivity index (χ0n) is 10.8. The van der Waals surface area contributed by atoms with E-state index in [1.807, 2.05) is 0 Å². The fourth-order valence-corrected chi connectivity index (χ4v) is 2.61. The quantitative estimate of drug-likeness (QED) is 0.661. The van der Waals surface area contributed by atoms with Crippen LogP contribution in [0.4, 0.5) is 0 Å². The number of hydrogen-bond donors (Lipinski definition) is 2. The molecule has 9 heteroatoms. The Bertz CT molecular complexity index is 576. The first-order chi connectivity index (χ1) is 9.36. The highest BCUT2D eigenvalue weighted by Gasteiger charge is 2.15. The molecule has 0 spiro atoms. The Morgan fingerprint density at radius 3 is 2.70 bits per heavy atom. The Morgan fingerprint density at radius 1 is 1.45 bits per heavy atom. The lowest BCUT2D eigenvalue weighted by atomic mass is 10.3. The minimum absolute atomic E-state index is 0.00923. The molecule has 0 saturated carbocycles. The molecule has 0 saturated heterocycles. The van der Waals surface area contributed by atoms with Crippen LogP contribution in [0.15, 0.2) is 23.1 Å². The van der Waals surface area contributed by atoms with Gasteiger partial charge in [-0.15, -0.1) is 0 Å². The van der Waals surface area contributed by atoms with Gasteiger partial charge in [-0.25, -0.2) is 13.1 Å². The van der Waals surface area contributed by atoms with Gasteiger partial charge < -0.3 is 15.2 Å². The van der Waals surface area contributed by atoms with Crippen LogP contribution in [0.25, 0.3) is 0 Å². The number of nitrogens with one attached hydrogen (secondary N) is 1. The number of carbonyl (C=O) groups excluding carboxylic acids is 1. The molecule has 1 rings (SSSR count). The number of nitrogens with two attached hydrogens (primary N) is 1. The van der Waals surface area contributed by atoms with Crippen LogP contribution in [0.1, 0.15) is 0 Å². The van der Waals surface area contributed by atoms with Gasteiger partial charge in [-0.2, -0.15) is 0 Å². The first-order valence-corrected chi connectivity index (χ1v) is 7.42. The molecule has 0 radical (unpaired) electrons. The van der Waals surface area contributed by atoms with Gasteiger partial charge in [-0.1, -0.05) is 11.6 Å². The first-order valence-electron chi connectivity index (χ1n) is 5.56. The van der Waals surface area contributed by atoms with E-state index in [-0.39, 0.29) is 35.4 Å². The standard InChI is InChI=1S/C11H15ClN2O5S/c1-18-5-4-14-20(16,17)8-2-3-10(9(12)6-8)19-7-11(13)15/h2-3,6,14H,4-5,7H2,1H3,(H2,13,15). The van der Waals surface area contributed by atoms with Crippen molar-refractivity contribution in [1.29, 1.82) is 0 Å². The number of benzene rings is 1. The number of rotatable bonds is 8. The van der Waals surface area contributed by atoms with Crippen LogP contribution in [0, 0.1) is 0 Å². The topological polar surface area (TPSA) is 108 Å². The molecular weight excluding hydrogens is 308 g/mol. The summed E-state index contributed by atoms with van der Waals surface area (Å²) in [5, 5.41) is 0.0702. The molecule has 7 nitrogen and oxygen atoms in total. The molecule has 0 aromatic heterocycles. The Hall–Kier alpha value is -1.35. The van der Waals surface area contributed by atoms with Gasteiger partial charge in [-0.3, -0.25) is 4.79 Å². The van der Waals surface area contributed by atoms with E-state index in [0.29, 0.717) is 0 Å². The summed E-state index contributed by atoms with van der Waals surface area (Å²) in [4.78, 5) is 10.6. The lowest BCUT2D eigenvalue weighted by molar-refractivity contribution is -0.119. The smallest absolute Gasteiger partial charge is 0.255 e. The highest BCUT2D eigenvalue weighted by atomic mass is 35.5. The molecule has 0 heterocycles. The number of primary amides is 1. The van der Waals surface area contributed by atoms with Gasteiger partial charge in [0.2, 0.25) is 10.0 Å². The van der Waals surface area contributed by atoms with Crippen LogP contribution in [0.5, 0.6) is 5.75 Å². The Morgan fingerprint density at radius 2 is 2.15 bits per heavy atom. The first kappa shape index (κ1) is 16.7. The molecule has 1 aromatic carbocycles. The van der Waals surface area contributed by atoms with E-state index < -0.39 is 15.9 Å². The molecule has 20 heavy (non-hydrogen) atoms. The van der Waals surface area contributed by atoms with Crippen LogP contribution >= 0.6 is 11.6 Å². The van der Waals surface area contributed by atoms with Gasteiger partial charge in [0, 0.05) is 13.7 Å². The van der Waals surface area contributed by atoms with Crippen LogP contribution < -0.4 is 15.2 Å². The third kappa shape index (κ3) is 4.97. The summed E-state index contributed by atoms with van der Waals surface area (Å²) in [6.07, 6.45) is 0. The summed E-state index contributed by atoms with van der Waals surface area (Å²) in [7, 11) is -2.20. The van der Waals surface area contributed by atoms with E-state index in [1.54, 1.807) is 0 Å². The number of ether oxygens (including phenoxy) is 2. The summed E-state index contributed by atoms with van der Waals surface area (Å²) in [6.45, 7) is 0.0705. The molecule has 112 valence electrons. The summed E-state index contributed by atoms with van der Waals surface area (Å²) in [5.74, 6) is -0.472. The Labute approximate surface area is 122 Å². The van der Waals surface area contributed by atoms with Crippen molar-refractivity contribution in [3.8, 4) is 5.75 Å². The van der Waals surface area contributed by atoms with Crippen molar-refractivity contribution in [1.82, 2.24) is 4.72 Å². The lowest BCUT2D eigenvalue weighted by Crippen LogP contribution is -2.27. The summed E-state index contributed by atoms with van der Waals surface area (Å²) < 4.78 is 35.9. The van der Waals surface area contributed by atoms with E-state index in [9.17, 15) is 13.2 Å². The van der Waals surface area contributed by atoms with Crippen LogP contribution in [0.3, 0.4) is 0 Å². The fourth-order valence-electron chi connectivity index (χ4n) is 1.28. The second-order valence-electron chi connectivity index (χ2n) is 3.74. The minimum atomic E-state index is -3.66. The summed E-state index contributed by atoms with van der Waals surface area (Å²) in [5.41, 5.74) is 4.93. The zero-order chi connectivity index (χ0) is 15.2. The van der Waals surface area contributed by atoms with Crippen molar-refractivity contribution in [2.75, 3.05) is 26.9 Å². The molecule has 0 aliphatic rings. The fraction of sp³-hybridized carbons (Fsp3) is 0.364. The van der Waals surface area contributed by atoms with Gasteiger partial charge in [-0.05, 0) is 18.2 Å². The van der Waals surface area contributed by atoms with E-state index in [4.69, 9.17) is 26.8 Å². The van der Waals surface area contributed by atoms with Crippen molar-refractivity contribution in [2.45, 2.75) is 4.90 Å². The van der Waals surface area contributed by atoms with Crippen molar-refractivity contribution in [3.05, 3.63) is 23.2 Å². The van der Waals surface area contributed by atoms with Crippen LogP contribution in [-0.4, -0.2) is 41.2 Å². The van der Waals surface area contributed by atoms with Gasteiger partial charge in [0.05, 0.1) is 16.5 Å². The van der Waals surface area contributed by atoms with Gasteiger partial charge in [0.15, 0.2) is 6.61 Å². The predicted molar refractivity (Wildman–Crippen MR) is 73.2 cm³/mol. The number of methoxy groups -OCH3 is 1. The molecule has 0 unspecified atom stereocenters. The van der Waals surface area contributed by atoms with Gasteiger partial charge in [0.25, 0.3) is 5.91 Å². The molecule has 3 N–H and O–H groups in total. The van der Waals surface area contributed by atoms with Gasteiger partial charge >= 0.3 is 0 Å². The maximum Gasteiger partial charge on any atom is 0.255 e. The molecule has 0 fully saturated rings. The zero-order valence-corrected chi connectivity index (χ0v) is 12.3. The third-order valence-corrected chi connectivity index (χ3v) is 3.94.